The van der Waals surface area contributed by atoms with E-state index in [1.165, 1.54) is 6.07 Å². The third-order valence-corrected chi connectivity index (χ3v) is 3.83. The fraction of sp³-hybridized carbons (Fsp3) is 0.200. The molecule has 19 heavy (non-hydrogen) atoms. The van der Waals surface area contributed by atoms with E-state index in [2.05, 4.69) is 15.9 Å². The summed E-state index contributed by atoms with van der Waals surface area (Å²) in [7, 11) is 1.56. The Hall–Kier alpha value is -1.39. The van der Waals surface area contributed by atoms with Crippen molar-refractivity contribution in [3.8, 4) is 5.75 Å². The average molecular weight is 325 g/mol. The van der Waals surface area contributed by atoms with Gasteiger partial charge in [0, 0.05) is 12.0 Å². The number of ether oxygens (including phenoxy) is 1. The highest BCUT2D eigenvalue weighted by Gasteiger charge is 2.15. The number of aliphatic hydroxyl groups is 1. The third-order valence-electron chi connectivity index (χ3n) is 2.94. The Kier molecular flexibility index (Phi) is 4.56. The van der Waals surface area contributed by atoms with Crippen molar-refractivity contribution >= 4 is 15.9 Å². The van der Waals surface area contributed by atoms with E-state index in [-0.39, 0.29) is 5.82 Å². The summed E-state index contributed by atoms with van der Waals surface area (Å²) in [5.41, 5.74) is 1.42. The molecule has 0 saturated carbocycles. The zero-order chi connectivity index (χ0) is 13.8. The first-order valence-corrected chi connectivity index (χ1v) is 6.66. The van der Waals surface area contributed by atoms with Crippen LogP contribution in [0.4, 0.5) is 4.39 Å². The number of methoxy groups -OCH3 is 1. The fourth-order valence-corrected chi connectivity index (χ4v) is 2.39. The molecule has 0 spiro atoms. The van der Waals surface area contributed by atoms with Crippen molar-refractivity contribution in [1.82, 2.24) is 0 Å². The number of rotatable bonds is 4. The van der Waals surface area contributed by atoms with Gasteiger partial charge in [-0.05, 0) is 33.6 Å². The second-order valence-corrected chi connectivity index (χ2v) is 4.97. The van der Waals surface area contributed by atoms with Crippen molar-refractivity contribution < 1.29 is 14.2 Å². The third kappa shape index (κ3) is 3.14. The Morgan fingerprint density at radius 2 is 1.95 bits per heavy atom. The van der Waals surface area contributed by atoms with Gasteiger partial charge in [0.15, 0.2) is 0 Å². The molecule has 0 saturated heterocycles. The first-order chi connectivity index (χ1) is 9.13. The van der Waals surface area contributed by atoms with Crippen molar-refractivity contribution in [2.45, 2.75) is 12.5 Å². The molecule has 0 heterocycles. The monoisotopic (exact) mass is 324 g/mol. The molecule has 2 aromatic carbocycles. The Bertz CT molecular complexity index is 572. The minimum atomic E-state index is -0.741. The summed E-state index contributed by atoms with van der Waals surface area (Å²) < 4.78 is 19.0. The molecule has 2 aromatic rings. The van der Waals surface area contributed by atoms with Gasteiger partial charge < -0.3 is 9.84 Å². The summed E-state index contributed by atoms with van der Waals surface area (Å²) in [4.78, 5) is 0. The number of benzene rings is 2. The number of aliphatic hydroxyl groups excluding tert-OH is 1. The number of hydrogen-bond donors (Lipinski definition) is 1. The minimum Gasteiger partial charge on any atom is -0.496 e. The van der Waals surface area contributed by atoms with Crippen LogP contribution in [0.3, 0.4) is 0 Å². The van der Waals surface area contributed by atoms with E-state index in [0.717, 1.165) is 5.56 Å². The summed E-state index contributed by atoms with van der Waals surface area (Å²) in [6.45, 7) is 0. The zero-order valence-corrected chi connectivity index (χ0v) is 12.0. The van der Waals surface area contributed by atoms with Gasteiger partial charge in [0.1, 0.15) is 11.6 Å². The lowest BCUT2D eigenvalue weighted by atomic mass is 10.0. The molecule has 4 heteroatoms. The van der Waals surface area contributed by atoms with E-state index in [1.807, 2.05) is 12.1 Å². The number of halogens is 2. The smallest absolute Gasteiger partial charge is 0.137 e. The molecule has 1 N–H and O–H groups in total. The van der Waals surface area contributed by atoms with Crippen LogP contribution in [0.1, 0.15) is 17.2 Å². The van der Waals surface area contributed by atoms with Gasteiger partial charge in [0.05, 0.1) is 17.7 Å². The highest BCUT2D eigenvalue weighted by Crippen LogP contribution is 2.30. The van der Waals surface area contributed by atoms with Crippen LogP contribution in [0.25, 0.3) is 0 Å². The summed E-state index contributed by atoms with van der Waals surface area (Å²) >= 11 is 3.20. The first kappa shape index (κ1) is 14.0. The standard InChI is InChI=1S/C15H14BrFO2/c1-19-14-8-3-2-6-11(14)13(18)9-10-5-4-7-12(17)15(10)16/h2-8,13,18H,9H2,1H3. The van der Waals surface area contributed by atoms with Gasteiger partial charge in [-0.15, -0.1) is 0 Å². The van der Waals surface area contributed by atoms with Crippen molar-refractivity contribution in [2.75, 3.05) is 7.11 Å². The lowest BCUT2D eigenvalue weighted by Crippen LogP contribution is -2.05. The van der Waals surface area contributed by atoms with Gasteiger partial charge in [0.2, 0.25) is 0 Å². The summed E-state index contributed by atoms with van der Waals surface area (Å²) in [5, 5.41) is 10.3. The lowest BCUT2D eigenvalue weighted by molar-refractivity contribution is 0.173. The first-order valence-electron chi connectivity index (χ1n) is 5.87. The molecule has 2 nitrogen and oxygen atoms in total. The van der Waals surface area contributed by atoms with Crippen LogP contribution in [0.5, 0.6) is 5.75 Å². The molecule has 0 fully saturated rings. The van der Waals surface area contributed by atoms with E-state index >= 15 is 0 Å². The topological polar surface area (TPSA) is 29.5 Å². The van der Waals surface area contributed by atoms with Crippen LogP contribution in [0.15, 0.2) is 46.9 Å². The van der Waals surface area contributed by atoms with Crippen LogP contribution in [0, 0.1) is 5.82 Å². The highest BCUT2D eigenvalue weighted by molar-refractivity contribution is 9.10. The summed E-state index contributed by atoms with van der Waals surface area (Å²) in [5.74, 6) is 0.298. The average Bonchev–Trinajstić information content (AvgIpc) is 2.43. The predicted molar refractivity (Wildman–Crippen MR) is 75.8 cm³/mol. The van der Waals surface area contributed by atoms with Gasteiger partial charge >= 0.3 is 0 Å². The molecule has 0 aliphatic carbocycles. The SMILES string of the molecule is COc1ccccc1C(O)Cc1cccc(F)c1Br. The maximum absolute atomic E-state index is 13.4. The largest absolute Gasteiger partial charge is 0.496 e. The second kappa shape index (κ2) is 6.17. The molecule has 0 aliphatic rings. The molecule has 0 amide bonds. The van der Waals surface area contributed by atoms with E-state index < -0.39 is 6.10 Å². The van der Waals surface area contributed by atoms with Crippen LogP contribution in [-0.4, -0.2) is 12.2 Å². The lowest BCUT2D eigenvalue weighted by Gasteiger charge is -2.15. The van der Waals surface area contributed by atoms with Gasteiger partial charge in [-0.25, -0.2) is 4.39 Å². The maximum atomic E-state index is 13.4. The van der Waals surface area contributed by atoms with E-state index in [4.69, 9.17) is 4.74 Å². The van der Waals surface area contributed by atoms with Crippen molar-refractivity contribution in [3.63, 3.8) is 0 Å². The maximum Gasteiger partial charge on any atom is 0.137 e. The molecule has 2 rings (SSSR count). The molecule has 0 aliphatic heterocycles. The van der Waals surface area contributed by atoms with E-state index in [1.54, 1.807) is 31.4 Å². The molecular formula is C15H14BrFO2. The van der Waals surface area contributed by atoms with Crippen LogP contribution in [-0.2, 0) is 6.42 Å². The van der Waals surface area contributed by atoms with Crippen molar-refractivity contribution in [2.24, 2.45) is 0 Å². The van der Waals surface area contributed by atoms with Gasteiger partial charge in [0.25, 0.3) is 0 Å². The molecule has 0 bridgehead atoms. The fourth-order valence-electron chi connectivity index (χ4n) is 1.97. The zero-order valence-electron chi connectivity index (χ0n) is 10.4. The Balaban J connectivity index is 2.26. The van der Waals surface area contributed by atoms with Gasteiger partial charge in [-0.3, -0.25) is 0 Å². The Morgan fingerprint density at radius 1 is 1.21 bits per heavy atom. The quantitative estimate of drug-likeness (QED) is 0.925. The van der Waals surface area contributed by atoms with Crippen LogP contribution in [0.2, 0.25) is 0 Å². The molecule has 1 atom stereocenters. The van der Waals surface area contributed by atoms with Crippen LogP contribution >= 0.6 is 15.9 Å². The number of hydrogen-bond acceptors (Lipinski definition) is 2. The summed E-state index contributed by atoms with van der Waals surface area (Å²) in [6.07, 6.45) is -0.423. The van der Waals surface area contributed by atoms with Crippen LogP contribution < -0.4 is 4.74 Å². The number of para-hydroxylation sites is 1. The molecule has 0 aromatic heterocycles. The van der Waals surface area contributed by atoms with Gasteiger partial charge in [-0.2, -0.15) is 0 Å². The Labute approximate surface area is 120 Å². The normalized spacial score (nSPS) is 12.2. The molecule has 0 radical (unpaired) electrons. The summed E-state index contributed by atoms with van der Waals surface area (Å²) in [6, 6.07) is 12.1. The Morgan fingerprint density at radius 3 is 2.68 bits per heavy atom. The second-order valence-electron chi connectivity index (χ2n) is 4.17. The van der Waals surface area contributed by atoms with Gasteiger partial charge in [-0.1, -0.05) is 30.3 Å². The molecular weight excluding hydrogens is 311 g/mol. The van der Waals surface area contributed by atoms with Crippen molar-refractivity contribution in [1.29, 1.82) is 0 Å². The van der Waals surface area contributed by atoms with E-state index in [9.17, 15) is 9.50 Å². The predicted octanol–water partition coefficient (Wildman–Crippen LogP) is 3.87. The minimum absolute atomic E-state index is 0.318. The highest BCUT2D eigenvalue weighted by atomic mass is 79.9. The molecule has 100 valence electrons. The molecule has 1 unspecified atom stereocenters. The van der Waals surface area contributed by atoms with E-state index in [0.29, 0.717) is 22.2 Å². The van der Waals surface area contributed by atoms with Crippen molar-refractivity contribution in [3.05, 3.63) is 63.9 Å².